The van der Waals surface area contributed by atoms with Crippen molar-refractivity contribution in [3.63, 3.8) is 0 Å². The summed E-state index contributed by atoms with van der Waals surface area (Å²) in [7, 11) is 1.65. The van der Waals surface area contributed by atoms with Crippen LogP contribution in [0.3, 0.4) is 0 Å². The summed E-state index contributed by atoms with van der Waals surface area (Å²) < 4.78 is 5.06. The van der Waals surface area contributed by atoms with Crippen LogP contribution in [-0.2, 0) is 9.53 Å². The van der Waals surface area contributed by atoms with Crippen molar-refractivity contribution in [1.29, 1.82) is 0 Å². The van der Waals surface area contributed by atoms with Gasteiger partial charge in [-0.05, 0) is 12.3 Å². The van der Waals surface area contributed by atoms with Crippen LogP contribution < -0.4 is 0 Å². The zero-order valence-corrected chi connectivity index (χ0v) is 9.46. The van der Waals surface area contributed by atoms with Gasteiger partial charge >= 0.3 is 0 Å². The highest BCUT2D eigenvalue weighted by atomic mass is 16.5. The zero-order valence-electron chi connectivity index (χ0n) is 9.46. The first kappa shape index (κ1) is 12.6. The fraction of sp³-hybridized carbons (Fsp3) is 0.909. The molecule has 0 bridgehead atoms. The van der Waals surface area contributed by atoms with Crippen LogP contribution in [0.15, 0.2) is 0 Å². The van der Waals surface area contributed by atoms with Crippen LogP contribution >= 0.6 is 0 Å². The van der Waals surface area contributed by atoms with E-state index in [1.807, 2.05) is 13.8 Å². The molecular formula is C11H22O2. The van der Waals surface area contributed by atoms with Gasteiger partial charge in [0.15, 0.2) is 0 Å². The van der Waals surface area contributed by atoms with Gasteiger partial charge in [0.25, 0.3) is 0 Å². The topological polar surface area (TPSA) is 26.3 Å². The van der Waals surface area contributed by atoms with Gasteiger partial charge in [-0.2, -0.15) is 0 Å². The van der Waals surface area contributed by atoms with E-state index in [1.165, 1.54) is 0 Å². The van der Waals surface area contributed by atoms with Crippen molar-refractivity contribution in [3.05, 3.63) is 0 Å². The normalized spacial score (nSPS) is 13.8. The van der Waals surface area contributed by atoms with Gasteiger partial charge in [-0.15, -0.1) is 0 Å². The molecule has 0 fully saturated rings. The van der Waals surface area contributed by atoms with E-state index >= 15 is 0 Å². The summed E-state index contributed by atoms with van der Waals surface area (Å²) in [6.07, 6.45) is 0.935. The Morgan fingerprint density at radius 2 is 1.77 bits per heavy atom. The van der Waals surface area contributed by atoms with Crippen molar-refractivity contribution >= 4 is 5.78 Å². The average Bonchev–Trinajstić information content (AvgIpc) is 2.01. The molecule has 0 heterocycles. The predicted molar refractivity (Wildman–Crippen MR) is 54.7 cm³/mol. The molecule has 0 radical (unpaired) electrons. The van der Waals surface area contributed by atoms with Crippen molar-refractivity contribution in [1.82, 2.24) is 0 Å². The minimum absolute atomic E-state index is 0.0880. The lowest BCUT2D eigenvalue weighted by Gasteiger charge is -2.18. The smallest absolute Gasteiger partial charge is 0.140 e. The minimum Gasteiger partial charge on any atom is -0.384 e. The van der Waals surface area contributed by atoms with Crippen LogP contribution in [0.25, 0.3) is 0 Å². The Bertz CT molecular complexity index is 150. The molecule has 0 aliphatic carbocycles. The lowest BCUT2D eigenvalue weighted by molar-refractivity contribution is -0.128. The fourth-order valence-electron chi connectivity index (χ4n) is 1.51. The molecule has 0 saturated heterocycles. The Kier molecular flexibility index (Phi) is 5.97. The number of methoxy groups -OCH3 is 1. The summed E-state index contributed by atoms with van der Waals surface area (Å²) in [4.78, 5) is 11.7. The van der Waals surface area contributed by atoms with E-state index in [-0.39, 0.29) is 11.8 Å². The molecule has 2 heteroatoms. The number of hydrogen-bond acceptors (Lipinski definition) is 2. The number of ether oxygens (including phenoxy) is 1. The number of ketones is 1. The van der Waals surface area contributed by atoms with Crippen LogP contribution in [0.5, 0.6) is 0 Å². The first-order valence-corrected chi connectivity index (χ1v) is 5.01. The van der Waals surface area contributed by atoms with Crippen LogP contribution in [0.1, 0.15) is 34.1 Å². The Morgan fingerprint density at radius 1 is 1.23 bits per heavy atom. The van der Waals surface area contributed by atoms with Crippen LogP contribution in [0.4, 0.5) is 0 Å². The first-order chi connectivity index (χ1) is 5.99. The molecule has 1 unspecified atom stereocenters. The third-order valence-electron chi connectivity index (χ3n) is 2.10. The second-order valence-electron chi connectivity index (χ2n) is 4.34. The van der Waals surface area contributed by atoms with Gasteiger partial charge in [-0.3, -0.25) is 4.79 Å². The maximum atomic E-state index is 11.7. The summed E-state index contributed by atoms with van der Waals surface area (Å²) >= 11 is 0. The summed E-state index contributed by atoms with van der Waals surface area (Å²) in [5.74, 6) is 1.10. The Balaban J connectivity index is 4.15. The average molecular weight is 186 g/mol. The van der Waals surface area contributed by atoms with Crippen molar-refractivity contribution in [3.8, 4) is 0 Å². The number of carbonyl (C=O) groups excluding carboxylic acids is 1. The van der Waals surface area contributed by atoms with E-state index < -0.39 is 0 Å². The molecule has 1 atom stereocenters. The number of carbonyl (C=O) groups is 1. The standard InChI is InChI=1S/C11H22O2/c1-8(2)6-10(7-13-5)11(12)9(3)4/h8-10H,6-7H2,1-5H3. The Labute approximate surface area is 81.7 Å². The van der Waals surface area contributed by atoms with Crippen molar-refractivity contribution in [2.24, 2.45) is 17.8 Å². The molecule has 0 aromatic heterocycles. The molecule has 0 spiro atoms. The molecule has 13 heavy (non-hydrogen) atoms. The Morgan fingerprint density at radius 3 is 2.08 bits per heavy atom. The minimum atomic E-state index is 0.0880. The molecule has 0 N–H and O–H groups in total. The monoisotopic (exact) mass is 186 g/mol. The third-order valence-corrected chi connectivity index (χ3v) is 2.10. The summed E-state index contributed by atoms with van der Waals surface area (Å²) in [5.41, 5.74) is 0. The van der Waals surface area contributed by atoms with Gasteiger partial charge in [-0.1, -0.05) is 27.7 Å². The predicted octanol–water partition coefficient (Wildman–Crippen LogP) is 2.52. The maximum Gasteiger partial charge on any atom is 0.140 e. The second-order valence-corrected chi connectivity index (χ2v) is 4.34. The van der Waals surface area contributed by atoms with E-state index in [0.717, 1.165) is 6.42 Å². The summed E-state index contributed by atoms with van der Waals surface area (Å²) in [6.45, 7) is 8.73. The lowest BCUT2D eigenvalue weighted by Crippen LogP contribution is -2.25. The highest BCUT2D eigenvalue weighted by molar-refractivity contribution is 5.82. The van der Waals surface area contributed by atoms with Gasteiger partial charge in [-0.25, -0.2) is 0 Å². The van der Waals surface area contributed by atoms with Crippen LogP contribution in [0, 0.1) is 17.8 Å². The van der Waals surface area contributed by atoms with Gasteiger partial charge < -0.3 is 4.74 Å². The summed E-state index contributed by atoms with van der Waals surface area (Å²) in [5, 5.41) is 0. The molecule has 2 nitrogen and oxygen atoms in total. The largest absolute Gasteiger partial charge is 0.384 e. The van der Waals surface area contributed by atoms with E-state index in [2.05, 4.69) is 13.8 Å². The molecule has 78 valence electrons. The van der Waals surface area contributed by atoms with Gasteiger partial charge in [0, 0.05) is 18.9 Å². The van der Waals surface area contributed by atoms with E-state index in [0.29, 0.717) is 18.3 Å². The maximum absolute atomic E-state index is 11.7. The molecule has 0 aliphatic rings. The van der Waals surface area contributed by atoms with Crippen molar-refractivity contribution in [2.75, 3.05) is 13.7 Å². The summed E-state index contributed by atoms with van der Waals surface area (Å²) in [6, 6.07) is 0. The quantitative estimate of drug-likeness (QED) is 0.637. The number of hydrogen-bond donors (Lipinski definition) is 0. The second kappa shape index (κ2) is 6.14. The molecule has 0 aromatic rings. The molecular weight excluding hydrogens is 164 g/mol. The van der Waals surface area contributed by atoms with Crippen LogP contribution in [-0.4, -0.2) is 19.5 Å². The zero-order chi connectivity index (χ0) is 10.4. The van der Waals surface area contributed by atoms with Crippen molar-refractivity contribution < 1.29 is 9.53 Å². The Hall–Kier alpha value is -0.370. The van der Waals surface area contributed by atoms with E-state index in [4.69, 9.17) is 4.74 Å². The fourth-order valence-corrected chi connectivity index (χ4v) is 1.51. The lowest BCUT2D eigenvalue weighted by atomic mass is 9.89. The highest BCUT2D eigenvalue weighted by Crippen LogP contribution is 2.16. The number of Topliss-reactive ketones (excluding diaryl/α,β-unsaturated/α-hetero) is 1. The SMILES string of the molecule is COCC(CC(C)C)C(=O)C(C)C. The number of rotatable bonds is 6. The molecule has 0 saturated carbocycles. The van der Waals surface area contributed by atoms with E-state index in [9.17, 15) is 4.79 Å². The molecule has 0 amide bonds. The molecule has 0 aliphatic heterocycles. The molecule has 0 rings (SSSR count). The van der Waals surface area contributed by atoms with Gasteiger partial charge in [0.05, 0.1) is 6.61 Å². The first-order valence-electron chi connectivity index (χ1n) is 5.01. The van der Waals surface area contributed by atoms with Crippen molar-refractivity contribution in [2.45, 2.75) is 34.1 Å². The third kappa shape index (κ3) is 5.04. The highest BCUT2D eigenvalue weighted by Gasteiger charge is 2.21. The van der Waals surface area contributed by atoms with E-state index in [1.54, 1.807) is 7.11 Å². The van der Waals surface area contributed by atoms with Crippen LogP contribution in [0.2, 0.25) is 0 Å². The van der Waals surface area contributed by atoms with Gasteiger partial charge in [0.1, 0.15) is 5.78 Å². The van der Waals surface area contributed by atoms with Gasteiger partial charge in [0.2, 0.25) is 0 Å². The molecule has 0 aromatic carbocycles.